The number of nitrogens with zero attached hydrogens (tertiary/aromatic N) is 1. The van der Waals surface area contributed by atoms with Crippen molar-refractivity contribution in [2.45, 2.75) is 18.8 Å². The lowest BCUT2D eigenvalue weighted by molar-refractivity contribution is 0.544. The molecule has 0 N–H and O–H groups in total. The average molecular weight is 290 g/mol. The highest BCUT2D eigenvalue weighted by Gasteiger charge is 2.25. The Morgan fingerprint density at radius 2 is 1.93 bits per heavy atom. The molecule has 1 aliphatic rings. The zero-order valence-corrected chi connectivity index (χ0v) is 10.6. The summed E-state index contributed by atoms with van der Waals surface area (Å²) in [6, 6.07) is 3.91. The standard InChI is InChI=1S/C10H12BrNO2S/c11-9-1-2-10(12-7-9)8-3-5-15(13,14)6-4-8/h1-2,7-8H,3-6H2. The Balaban J connectivity index is 2.11. The zero-order valence-electron chi connectivity index (χ0n) is 8.19. The number of pyridine rings is 1. The fourth-order valence-corrected chi connectivity index (χ4v) is 3.54. The lowest BCUT2D eigenvalue weighted by Gasteiger charge is -2.21. The normalized spacial score (nSPS) is 21.4. The molecule has 0 aliphatic carbocycles. The Labute approximate surface area is 98.0 Å². The van der Waals surface area contributed by atoms with Crippen LogP contribution < -0.4 is 0 Å². The van der Waals surface area contributed by atoms with Crippen molar-refractivity contribution >= 4 is 25.8 Å². The molecule has 0 bridgehead atoms. The van der Waals surface area contributed by atoms with E-state index in [9.17, 15) is 8.42 Å². The molecule has 5 heteroatoms. The monoisotopic (exact) mass is 289 g/mol. The third-order valence-corrected chi connectivity index (χ3v) is 4.91. The number of aromatic nitrogens is 1. The average Bonchev–Trinajstić information content (AvgIpc) is 2.20. The maximum absolute atomic E-state index is 11.3. The van der Waals surface area contributed by atoms with Gasteiger partial charge in [0.2, 0.25) is 0 Å². The van der Waals surface area contributed by atoms with Crippen LogP contribution in [0.3, 0.4) is 0 Å². The van der Waals surface area contributed by atoms with Crippen molar-refractivity contribution in [2.75, 3.05) is 11.5 Å². The molecule has 0 saturated carbocycles. The van der Waals surface area contributed by atoms with Crippen LogP contribution in [-0.2, 0) is 9.84 Å². The fourth-order valence-electron chi connectivity index (χ4n) is 1.81. The summed E-state index contributed by atoms with van der Waals surface area (Å²) >= 11 is 3.33. The van der Waals surface area contributed by atoms with Gasteiger partial charge in [-0.05, 0) is 40.9 Å². The first kappa shape index (κ1) is 11.1. The van der Waals surface area contributed by atoms with Crippen molar-refractivity contribution < 1.29 is 8.42 Å². The predicted molar refractivity (Wildman–Crippen MR) is 62.6 cm³/mol. The van der Waals surface area contributed by atoms with Gasteiger partial charge in [-0.25, -0.2) is 8.42 Å². The van der Waals surface area contributed by atoms with Crippen molar-refractivity contribution in [3.8, 4) is 0 Å². The molecule has 2 heterocycles. The summed E-state index contributed by atoms with van der Waals surface area (Å²) in [6.45, 7) is 0. The molecule has 1 saturated heterocycles. The van der Waals surface area contributed by atoms with Gasteiger partial charge in [0.05, 0.1) is 11.5 Å². The van der Waals surface area contributed by atoms with E-state index in [0.29, 0.717) is 30.3 Å². The zero-order chi connectivity index (χ0) is 10.9. The van der Waals surface area contributed by atoms with Gasteiger partial charge in [0, 0.05) is 22.3 Å². The largest absolute Gasteiger partial charge is 0.260 e. The summed E-state index contributed by atoms with van der Waals surface area (Å²) in [7, 11) is -2.77. The van der Waals surface area contributed by atoms with Crippen LogP contribution in [0.2, 0.25) is 0 Å². The molecular formula is C10H12BrNO2S. The summed E-state index contributed by atoms with van der Waals surface area (Å²) in [5.74, 6) is 0.909. The van der Waals surface area contributed by atoms with E-state index in [0.717, 1.165) is 10.2 Å². The van der Waals surface area contributed by atoms with E-state index in [2.05, 4.69) is 20.9 Å². The molecule has 3 nitrogen and oxygen atoms in total. The quantitative estimate of drug-likeness (QED) is 0.796. The van der Waals surface area contributed by atoms with Gasteiger partial charge >= 0.3 is 0 Å². The molecule has 1 aromatic rings. The lowest BCUT2D eigenvalue weighted by Crippen LogP contribution is -2.22. The Morgan fingerprint density at radius 1 is 1.27 bits per heavy atom. The van der Waals surface area contributed by atoms with Gasteiger partial charge in [-0.3, -0.25) is 4.98 Å². The van der Waals surface area contributed by atoms with E-state index in [4.69, 9.17) is 0 Å². The molecule has 0 amide bonds. The third kappa shape index (κ3) is 2.78. The Morgan fingerprint density at radius 3 is 2.47 bits per heavy atom. The highest BCUT2D eigenvalue weighted by molar-refractivity contribution is 9.10. The van der Waals surface area contributed by atoms with E-state index >= 15 is 0 Å². The van der Waals surface area contributed by atoms with Gasteiger partial charge in [-0.2, -0.15) is 0 Å². The van der Waals surface area contributed by atoms with Crippen LogP contribution in [0.4, 0.5) is 0 Å². The number of rotatable bonds is 1. The molecule has 15 heavy (non-hydrogen) atoms. The first-order valence-electron chi connectivity index (χ1n) is 4.89. The van der Waals surface area contributed by atoms with Crippen LogP contribution in [0.1, 0.15) is 24.5 Å². The topological polar surface area (TPSA) is 47.0 Å². The van der Waals surface area contributed by atoms with Crippen LogP contribution >= 0.6 is 15.9 Å². The summed E-state index contributed by atoms with van der Waals surface area (Å²) in [6.07, 6.45) is 3.17. The maximum Gasteiger partial charge on any atom is 0.150 e. The molecule has 1 fully saturated rings. The SMILES string of the molecule is O=S1(=O)CCC(c2ccc(Br)cn2)CC1. The lowest BCUT2D eigenvalue weighted by atomic mass is 9.98. The van der Waals surface area contributed by atoms with E-state index in [1.165, 1.54) is 0 Å². The van der Waals surface area contributed by atoms with Crippen molar-refractivity contribution in [3.63, 3.8) is 0 Å². The minimum absolute atomic E-state index is 0.301. The van der Waals surface area contributed by atoms with Crippen LogP contribution in [0.25, 0.3) is 0 Å². The molecule has 2 rings (SSSR count). The summed E-state index contributed by atoms with van der Waals surface area (Å²) in [5.41, 5.74) is 1.01. The molecule has 0 unspecified atom stereocenters. The van der Waals surface area contributed by atoms with Gasteiger partial charge in [0.25, 0.3) is 0 Å². The second-order valence-electron chi connectivity index (χ2n) is 3.83. The van der Waals surface area contributed by atoms with E-state index < -0.39 is 9.84 Å². The van der Waals surface area contributed by atoms with Gasteiger partial charge in [-0.1, -0.05) is 0 Å². The first-order chi connectivity index (χ1) is 7.07. The Bertz CT molecular complexity index is 427. The van der Waals surface area contributed by atoms with Crippen LogP contribution in [0.5, 0.6) is 0 Å². The first-order valence-corrected chi connectivity index (χ1v) is 7.50. The van der Waals surface area contributed by atoms with Crippen LogP contribution in [-0.4, -0.2) is 24.9 Å². The molecule has 1 aliphatic heterocycles. The van der Waals surface area contributed by atoms with Crippen LogP contribution in [0.15, 0.2) is 22.8 Å². The molecular weight excluding hydrogens is 278 g/mol. The molecule has 0 spiro atoms. The van der Waals surface area contributed by atoms with Gasteiger partial charge in [-0.15, -0.1) is 0 Å². The molecule has 82 valence electrons. The number of hydrogen-bond donors (Lipinski definition) is 0. The Hall–Kier alpha value is -0.420. The van der Waals surface area contributed by atoms with E-state index in [1.807, 2.05) is 12.1 Å². The summed E-state index contributed by atoms with van der Waals surface area (Å²) in [4.78, 5) is 4.31. The summed E-state index contributed by atoms with van der Waals surface area (Å²) < 4.78 is 23.5. The minimum Gasteiger partial charge on any atom is -0.260 e. The predicted octanol–water partition coefficient (Wildman–Crippen LogP) is 2.14. The number of halogens is 1. The molecule has 0 aromatic carbocycles. The highest BCUT2D eigenvalue weighted by atomic mass is 79.9. The maximum atomic E-state index is 11.3. The smallest absolute Gasteiger partial charge is 0.150 e. The minimum atomic E-state index is -2.77. The summed E-state index contributed by atoms with van der Waals surface area (Å²) in [5, 5.41) is 0. The second kappa shape index (κ2) is 4.22. The van der Waals surface area contributed by atoms with E-state index in [1.54, 1.807) is 6.20 Å². The third-order valence-electron chi connectivity index (χ3n) is 2.72. The second-order valence-corrected chi connectivity index (χ2v) is 7.05. The van der Waals surface area contributed by atoms with Crippen molar-refractivity contribution in [2.24, 2.45) is 0 Å². The molecule has 0 radical (unpaired) electrons. The van der Waals surface area contributed by atoms with E-state index in [-0.39, 0.29) is 0 Å². The fraction of sp³-hybridized carbons (Fsp3) is 0.500. The molecule has 1 aromatic heterocycles. The van der Waals surface area contributed by atoms with Crippen LogP contribution in [0, 0.1) is 0 Å². The van der Waals surface area contributed by atoms with Gasteiger partial charge < -0.3 is 0 Å². The molecule has 0 atom stereocenters. The van der Waals surface area contributed by atoms with Crippen molar-refractivity contribution in [1.82, 2.24) is 4.98 Å². The highest BCUT2D eigenvalue weighted by Crippen LogP contribution is 2.28. The van der Waals surface area contributed by atoms with Crippen molar-refractivity contribution in [3.05, 3.63) is 28.5 Å². The van der Waals surface area contributed by atoms with Gasteiger partial charge in [0.1, 0.15) is 9.84 Å². The number of hydrogen-bond acceptors (Lipinski definition) is 3. The van der Waals surface area contributed by atoms with Gasteiger partial charge in [0.15, 0.2) is 0 Å². The number of sulfone groups is 1. The Kier molecular flexibility index (Phi) is 3.11. The van der Waals surface area contributed by atoms with Crippen molar-refractivity contribution in [1.29, 1.82) is 0 Å².